The molecule has 0 bridgehead atoms. The number of alkyl halides is 1. The van der Waals surface area contributed by atoms with Crippen molar-refractivity contribution in [2.45, 2.75) is 50.1 Å². The molecule has 1 N–H and O–H groups in total. The summed E-state index contributed by atoms with van der Waals surface area (Å²) in [6.45, 7) is 8.36. The average Bonchev–Trinajstić information content (AvgIpc) is 2.29. The zero-order valence-electron chi connectivity index (χ0n) is 9.19. The molecule has 0 aromatic rings. The Balaban J connectivity index is 2.61. The molecule has 0 saturated carbocycles. The van der Waals surface area contributed by atoms with E-state index in [2.05, 4.69) is 21.2 Å². The first-order valence-corrected chi connectivity index (χ1v) is 5.77. The highest BCUT2D eigenvalue weighted by atomic mass is 79.9. The third-order valence-electron chi connectivity index (χ3n) is 2.19. The topological polar surface area (TPSA) is 38.3 Å². The van der Waals surface area contributed by atoms with Crippen molar-refractivity contribution in [3.05, 3.63) is 0 Å². The summed E-state index contributed by atoms with van der Waals surface area (Å²) in [7, 11) is 0. The molecule has 0 spiro atoms. The number of nitrogens with one attached hydrogen (secondary N) is 1. The summed E-state index contributed by atoms with van der Waals surface area (Å²) in [5.41, 5.74) is -0.937. The first-order valence-electron chi connectivity index (χ1n) is 4.85. The van der Waals surface area contributed by atoms with Crippen molar-refractivity contribution in [1.29, 1.82) is 0 Å². The molecule has 3 nitrogen and oxygen atoms in total. The molecule has 4 heteroatoms. The van der Waals surface area contributed by atoms with Crippen LogP contribution in [0.15, 0.2) is 0 Å². The van der Waals surface area contributed by atoms with Crippen molar-refractivity contribution in [1.82, 2.24) is 5.32 Å². The summed E-state index contributed by atoms with van der Waals surface area (Å²) in [5.74, 6) is -0.160. The minimum Gasteiger partial charge on any atom is -0.459 e. The SMILES string of the molecule is CC(C)(C)OC(=O)C1(C)CC(Br)CN1. The van der Waals surface area contributed by atoms with Crippen molar-refractivity contribution >= 4 is 21.9 Å². The molecule has 1 aliphatic rings. The summed E-state index contributed by atoms with van der Waals surface area (Å²) < 4.78 is 5.35. The van der Waals surface area contributed by atoms with Crippen LogP contribution in [0.4, 0.5) is 0 Å². The van der Waals surface area contributed by atoms with Gasteiger partial charge in [0.25, 0.3) is 0 Å². The van der Waals surface area contributed by atoms with Gasteiger partial charge in [-0.1, -0.05) is 15.9 Å². The van der Waals surface area contributed by atoms with Crippen LogP contribution in [-0.2, 0) is 9.53 Å². The largest absolute Gasteiger partial charge is 0.459 e. The number of carbonyl (C=O) groups is 1. The first-order chi connectivity index (χ1) is 6.23. The highest BCUT2D eigenvalue weighted by Crippen LogP contribution is 2.26. The normalized spacial score (nSPS) is 33.1. The lowest BCUT2D eigenvalue weighted by molar-refractivity contribution is -0.161. The Morgan fingerprint density at radius 1 is 1.57 bits per heavy atom. The molecule has 1 aliphatic heterocycles. The Labute approximate surface area is 93.7 Å². The molecule has 0 aromatic carbocycles. The van der Waals surface area contributed by atoms with Gasteiger partial charge in [-0.3, -0.25) is 4.79 Å². The number of halogens is 1. The van der Waals surface area contributed by atoms with Gasteiger partial charge in [0.1, 0.15) is 11.1 Å². The van der Waals surface area contributed by atoms with Crippen LogP contribution in [0.1, 0.15) is 34.1 Å². The van der Waals surface area contributed by atoms with E-state index in [1.165, 1.54) is 0 Å². The van der Waals surface area contributed by atoms with Crippen LogP contribution in [0, 0.1) is 0 Å². The third kappa shape index (κ3) is 2.95. The number of carbonyl (C=O) groups excluding carboxylic acids is 1. The molecule has 1 fully saturated rings. The Bertz CT molecular complexity index is 237. The Morgan fingerprint density at radius 3 is 2.50 bits per heavy atom. The lowest BCUT2D eigenvalue weighted by Gasteiger charge is -2.28. The quantitative estimate of drug-likeness (QED) is 0.580. The standard InChI is InChI=1S/C10H18BrNO2/c1-9(2,3)14-8(13)10(4)5-7(11)6-12-10/h7,12H,5-6H2,1-4H3. The minimum absolute atomic E-state index is 0.160. The van der Waals surface area contributed by atoms with E-state index in [1.54, 1.807) is 0 Å². The fourth-order valence-corrected chi connectivity index (χ4v) is 2.28. The molecular formula is C10H18BrNO2. The molecular weight excluding hydrogens is 246 g/mol. The molecule has 1 rings (SSSR count). The van der Waals surface area contributed by atoms with Crippen LogP contribution in [0.5, 0.6) is 0 Å². The van der Waals surface area contributed by atoms with E-state index in [9.17, 15) is 4.79 Å². The average molecular weight is 264 g/mol. The smallest absolute Gasteiger partial charge is 0.326 e. The number of esters is 1. The molecule has 0 aromatic heterocycles. The van der Waals surface area contributed by atoms with E-state index in [0.29, 0.717) is 4.83 Å². The zero-order valence-corrected chi connectivity index (χ0v) is 10.8. The predicted molar refractivity (Wildman–Crippen MR) is 59.6 cm³/mol. The molecule has 14 heavy (non-hydrogen) atoms. The summed E-state index contributed by atoms with van der Waals surface area (Å²) in [5, 5.41) is 3.18. The number of hydrogen-bond acceptors (Lipinski definition) is 3. The van der Waals surface area contributed by atoms with Gasteiger partial charge in [0.15, 0.2) is 0 Å². The summed E-state index contributed by atoms with van der Waals surface area (Å²) in [6, 6.07) is 0. The lowest BCUT2D eigenvalue weighted by atomic mass is 10.0. The monoisotopic (exact) mass is 263 g/mol. The summed E-state index contributed by atoms with van der Waals surface area (Å²) >= 11 is 3.49. The highest BCUT2D eigenvalue weighted by Gasteiger charge is 2.42. The second kappa shape index (κ2) is 3.81. The van der Waals surface area contributed by atoms with E-state index in [1.807, 2.05) is 27.7 Å². The van der Waals surface area contributed by atoms with Gasteiger partial charge in [0, 0.05) is 11.4 Å². The Morgan fingerprint density at radius 2 is 2.14 bits per heavy atom. The van der Waals surface area contributed by atoms with E-state index >= 15 is 0 Å². The molecule has 82 valence electrons. The molecule has 2 atom stereocenters. The van der Waals surface area contributed by atoms with Gasteiger partial charge in [0.2, 0.25) is 0 Å². The van der Waals surface area contributed by atoms with E-state index in [4.69, 9.17) is 4.74 Å². The second-order valence-corrected chi connectivity index (χ2v) is 6.31. The van der Waals surface area contributed by atoms with Crippen molar-refractivity contribution < 1.29 is 9.53 Å². The van der Waals surface area contributed by atoms with Crippen molar-refractivity contribution in [2.75, 3.05) is 6.54 Å². The van der Waals surface area contributed by atoms with Crippen molar-refractivity contribution in [3.8, 4) is 0 Å². The predicted octanol–water partition coefficient (Wildman–Crippen LogP) is 1.84. The van der Waals surface area contributed by atoms with Gasteiger partial charge < -0.3 is 10.1 Å². The maximum atomic E-state index is 11.8. The van der Waals surface area contributed by atoms with Gasteiger partial charge in [-0.2, -0.15) is 0 Å². The van der Waals surface area contributed by atoms with Crippen molar-refractivity contribution in [2.24, 2.45) is 0 Å². The number of rotatable bonds is 1. The van der Waals surface area contributed by atoms with Gasteiger partial charge in [-0.05, 0) is 34.1 Å². The Kier molecular flexibility index (Phi) is 3.26. The van der Waals surface area contributed by atoms with Crippen LogP contribution >= 0.6 is 15.9 Å². The summed E-state index contributed by atoms with van der Waals surface area (Å²) in [6.07, 6.45) is 0.780. The van der Waals surface area contributed by atoms with Gasteiger partial charge in [-0.15, -0.1) is 0 Å². The fraction of sp³-hybridized carbons (Fsp3) is 0.900. The molecule has 2 unspecified atom stereocenters. The van der Waals surface area contributed by atoms with E-state index in [-0.39, 0.29) is 5.97 Å². The van der Waals surface area contributed by atoms with Crippen LogP contribution in [-0.4, -0.2) is 28.5 Å². The van der Waals surface area contributed by atoms with Gasteiger partial charge >= 0.3 is 5.97 Å². The molecule has 0 amide bonds. The number of hydrogen-bond donors (Lipinski definition) is 1. The number of ether oxygens (including phenoxy) is 1. The minimum atomic E-state index is -0.526. The van der Waals surface area contributed by atoms with Crippen LogP contribution < -0.4 is 5.32 Å². The van der Waals surface area contributed by atoms with E-state index in [0.717, 1.165) is 13.0 Å². The zero-order chi connectivity index (χ0) is 11.0. The molecule has 1 saturated heterocycles. The van der Waals surface area contributed by atoms with Crippen LogP contribution in [0.3, 0.4) is 0 Å². The van der Waals surface area contributed by atoms with Gasteiger partial charge in [0.05, 0.1) is 0 Å². The summed E-state index contributed by atoms with van der Waals surface area (Å²) in [4.78, 5) is 12.2. The van der Waals surface area contributed by atoms with Gasteiger partial charge in [-0.25, -0.2) is 0 Å². The molecule has 0 aliphatic carbocycles. The molecule has 0 radical (unpaired) electrons. The second-order valence-electron chi connectivity index (χ2n) is 5.02. The maximum absolute atomic E-state index is 11.8. The first kappa shape index (κ1) is 12.0. The third-order valence-corrected chi connectivity index (χ3v) is 2.84. The van der Waals surface area contributed by atoms with E-state index < -0.39 is 11.1 Å². The van der Waals surface area contributed by atoms with Crippen LogP contribution in [0.25, 0.3) is 0 Å². The maximum Gasteiger partial charge on any atom is 0.326 e. The lowest BCUT2D eigenvalue weighted by Crippen LogP contribution is -2.48. The fourth-order valence-electron chi connectivity index (χ4n) is 1.47. The Hall–Kier alpha value is -0.0900. The van der Waals surface area contributed by atoms with Crippen molar-refractivity contribution in [3.63, 3.8) is 0 Å². The highest BCUT2D eigenvalue weighted by molar-refractivity contribution is 9.09. The van der Waals surface area contributed by atoms with Crippen LogP contribution in [0.2, 0.25) is 0 Å². The molecule has 1 heterocycles.